The Hall–Kier alpha value is -2.54. The molecule has 0 atom stereocenters. The van der Waals surface area contributed by atoms with E-state index in [0.717, 1.165) is 48.2 Å². The van der Waals surface area contributed by atoms with Gasteiger partial charge in [0.05, 0.1) is 16.6 Å². The molecule has 1 aromatic carbocycles. The van der Waals surface area contributed by atoms with Gasteiger partial charge in [0, 0.05) is 13.1 Å². The van der Waals surface area contributed by atoms with Crippen LogP contribution in [0.1, 0.15) is 30.0 Å². The maximum Gasteiger partial charge on any atom is 0.157 e. The fraction of sp³-hybridized carbons (Fsp3) is 0.333. The van der Waals surface area contributed by atoms with Gasteiger partial charge in [-0.1, -0.05) is 19.1 Å². The maximum atomic E-state index is 9.63. The van der Waals surface area contributed by atoms with Crippen molar-refractivity contribution in [3.05, 3.63) is 41.0 Å². The summed E-state index contributed by atoms with van der Waals surface area (Å²) < 4.78 is 2.19. The monoisotopic (exact) mass is 290 g/mol. The highest BCUT2D eigenvalue weighted by atomic mass is 15.3. The number of fused-ring (bicyclic) bond motifs is 5. The van der Waals surface area contributed by atoms with E-state index in [1.165, 1.54) is 11.4 Å². The van der Waals surface area contributed by atoms with Gasteiger partial charge >= 0.3 is 0 Å². The molecule has 0 radical (unpaired) electrons. The molecule has 3 heterocycles. The number of hydrogen-bond donors (Lipinski definition) is 0. The van der Waals surface area contributed by atoms with Gasteiger partial charge in [0.15, 0.2) is 5.65 Å². The average Bonchev–Trinajstić information content (AvgIpc) is 3.09. The Morgan fingerprint density at radius 1 is 1.32 bits per heavy atom. The highest BCUT2D eigenvalue weighted by Crippen LogP contribution is 2.36. The summed E-state index contributed by atoms with van der Waals surface area (Å²) in [4.78, 5) is 7.17. The van der Waals surface area contributed by atoms with Crippen LogP contribution in [0, 0.1) is 18.3 Å². The van der Waals surface area contributed by atoms with Gasteiger partial charge in [-0.05, 0) is 43.0 Å². The van der Waals surface area contributed by atoms with E-state index in [2.05, 4.69) is 35.3 Å². The van der Waals surface area contributed by atoms with Crippen molar-refractivity contribution in [2.24, 2.45) is 0 Å². The molecule has 110 valence electrons. The standard InChI is InChI=1S/C18H18N4/c1-3-9-21-10-8-13-12(2)14(11-19)17-20-15-6-4-5-7-16(15)22(17)18(13)21/h4-7H,3,8-10H2,1-2H3. The summed E-state index contributed by atoms with van der Waals surface area (Å²) in [6, 6.07) is 10.5. The van der Waals surface area contributed by atoms with Crippen LogP contribution >= 0.6 is 0 Å². The summed E-state index contributed by atoms with van der Waals surface area (Å²) in [6.07, 6.45) is 2.13. The van der Waals surface area contributed by atoms with E-state index < -0.39 is 0 Å². The molecule has 0 aliphatic carbocycles. The topological polar surface area (TPSA) is 44.3 Å². The number of aromatic nitrogens is 2. The summed E-state index contributed by atoms with van der Waals surface area (Å²) >= 11 is 0. The number of benzene rings is 1. The largest absolute Gasteiger partial charge is 0.357 e. The first kappa shape index (κ1) is 13.1. The molecular formula is C18H18N4. The molecule has 3 aromatic rings. The van der Waals surface area contributed by atoms with Crippen LogP contribution in [0.2, 0.25) is 0 Å². The number of nitrogens with zero attached hydrogens (tertiary/aromatic N) is 4. The highest BCUT2D eigenvalue weighted by molar-refractivity contribution is 5.86. The normalized spacial score (nSPS) is 13.8. The van der Waals surface area contributed by atoms with Crippen LogP contribution in [-0.2, 0) is 6.42 Å². The number of anilines is 1. The van der Waals surface area contributed by atoms with E-state index in [4.69, 9.17) is 4.98 Å². The van der Waals surface area contributed by atoms with Crippen molar-refractivity contribution in [3.63, 3.8) is 0 Å². The lowest BCUT2D eigenvalue weighted by atomic mass is 10.0. The minimum atomic E-state index is 0.716. The van der Waals surface area contributed by atoms with Crippen LogP contribution in [0.5, 0.6) is 0 Å². The highest BCUT2D eigenvalue weighted by Gasteiger charge is 2.27. The van der Waals surface area contributed by atoms with E-state index >= 15 is 0 Å². The molecule has 0 amide bonds. The zero-order valence-corrected chi connectivity index (χ0v) is 12.9. The van der Waals surface area contributed by atoms with Crippen molar-refractivity contribution in [1.82, 2.24) is 9.38 Å². The van der Waals surface area contributed by atoms with Gasteiger partial charge in [0.25, 0.3) is 0 Å². The fourth-order valence-corrected chi connectivity index (χ4v) is 3.64. The minimum Gasteiger partial charge on any atom is -0.357 e. The first-order valence-corrected chi connectivity index (χ1v) is 7.84. The lowest BCUT2D eigenvalue weighted by Crippen LogP contribution is -2.23. The van der Waals surface area contributed by atoms with Gasteiger partial charge < -0.3 is 4.90 Å². The van der Waals surface area contributed by atoms with Gasteiger partial charge in [-0.3, -0.25) is 4.40 Å². The van der Waals surface area contributed by atoms with Gasteiger partial charge in [0.2, 0.25) is 0 Å². The minimum absolute atomic E-state index is 0.716. The molecule has 2 aromatic heterocycles. The van der Waals surface area contributed by atoms with Crippen LogP contribution in [0.15, 0.2) is 24.3 Å². The van der Waals surface area contributed by atoms with Crippen molar-refractivity contribution in [2.75, 3.05) is 18.0 Å². The smallest absolute Gasteiger partial charge is 0.157 e. The third kappa shape index (κ3) is 1.59. The van der Waals surface area contributed by atoms with Crippen molar-refractivity contribution in [2.45, 2.75) is 26.7 Å². The quantitative estimate of drug-likeness (QED) is 0.726. The number of rotatable bonds is 2. The van der Waals surface area contributed by atoms with Crippen LogP contribution in [0.3, 0.4) is 0 Å². The Kier molecular flexibility index (Phi) is 2.83. The van der Waals surface area contributed by atoms with E-state index in [0.29, 0.717) is 5.56 Å². The Morgan fingerprint density at radius 2 is 2.14 bits per heavy atom. The van der Waals surface area contributed by atoms with E-state index in [-0.39, 0.29) is 0 Å². The summed E-state index contributed by atoms with van der Waals surface area (Å²) in [5.41, 5.74) is 5.96. The molecule has 0 N–H and O–H groups in total. The van der Waals surface area contributed by atoms with Gasteiger partial charge in [-0.25, -0.2) is 4.98 Å². The Balaban J connectivity index is 2.20. The van der Waals surface area contributed by atoms with Crippen molar-refractivity contribution in [1.29, 1.82) is 5.26 Å². The predicted octanol–water partition coefficient (Wildman–Crippen LogP) is 3.44. The van der Waals surface area contributed by atoms with E-state index in [1.807, 2.05) is 18.2 Å². The summed E-state index contributed by atoms with van der Waals surface area (Å²) in [7, 11) is 0. The molecule has 0 fully saturated rings. The third-order valence-corrected chi connectivity index (χ3v) is 4.63. The van der Waals surface area contributed by atoms with Crippen LogP contribution in [-0.4, -0.2) is 22.5 Å². The lowest BCUT2D eigenvalue weighted by Gasteiger charge is -2.21. The predicted molar refractivity (Wildman–Crippen MR) is 88.4 cm³/mol. The average molecular weight is 290 g/mol. The molecule has 1 aliphatic heterocycles. The summed E-state index contributed by atoms with van der Waals surface area (Å²) in [5.74, 6) is 1.24. The summed E-state index contributed by atoms with van der Waals surface area (Å²) in [6.45, 7) is 6.34. The molecular weight excluding hydrogens is 272 g/mol. The Labute approximate surface area is 129 Å². The molecule has 0 saturated heterocycles. The number of pyridine rings is 1. The molecule has 4 nitrogen and oxygen atoms in total. The molecule has 0 bridgehead atoms. The van der Waals surface area contributed by atoms with Crippen LogP contribution in [0.25, 0.3) is 16.7 Å². The van der Waals surface area contributed by atoms with Crippen molar-refractivity contribution < 1.29 is 0 Å². The SMILES string of the molecule is CCCN1CCc2c(C)c(C#N)c3nc4ccccc4n3c21. The number of para-hydroxylation sites is 2. The van der Waals surface area contributed by atoms with E-state index in [1.54, 1.807) is 0 Å². The van der Waals surface area contributed by atoms with Gasteiger partial charge in [0.1, 0.15) is 11.9 Å². The second-order valence-electron chi connectivity index (χ2n) is 5.91. The number of hydrogen-bond acceptors (Lipinski definition) is 3. The third-order valence-electron chi connectivity index (χ3n) is 4.63. The second kappa shape index (κ2) is 4.74. The van der Waals surface area contributed by atoms with Crippen molar-refractivity contribution >= 4 is 22.5 Å². The first-order valence-electron chi connectivity index (χ1n) is 7.84. The Morgan fingerprint density at radius 3 is 2.91 bits per heavy atom. The number of imidazole rings is 1. The van der Waals surface area contributed by atoms with Crippen LogP contribution < -0.4 is 4.90 Å². The number of nitriles is 1. The lowest BCUT2D eigenvalue weighted by molar-refractivity contribution is 0.785. The molecule has 1 aliphatic rings. The zero-order chi connectivity index (χ0) is 15.3. The van der Waals surface area contributed by atoms with Crippen LogP contribution in [0.4, 0.5) is 5.82 Å². The molecule has 4 rings (SSSR count). The Bertz CT molecular complexity index is 930. The fourth-order valence-electron chi connectivity index (χ4n) is 3.64. The zero-order valence-electron chi connectivity index (χ0n) is 12.9. The van der Waals surface area contributed by atoms with E-state index in [9.17, 15) is 5.26 Å². The molecule has 0 saturated carbocycles. The first-order chi connectivity index (χ1) is 10.8. The molecule has 4 heteroatoms. The van der Waals surface area contributed by atoms with Gasteiger partial charge in [-0.2, -0.15) is 5.26 Å². The molecule has 0 spiro atoms. The molecule has 0 unspecified atom stereocenters. The molecule has 22 heavy (non-hydrogen) atoms. The van der Waals surface area contributed by atoms with Gasteiger partial charge in [-0.15, -0.1) is 0 Å². The summed E-state index contributed by atoms with van der Waals surface area (Å²) in [5, 5.41) is 9.63. The second-order valence-corrected chi connectivity index (χ2v) is 5.91. The maximum absolute atomic E-state index is 9.63. The van der Waals surface area contributed by atoms with Crippen molar-refractivity contribution in [3.8, 4) is 6.07 Å².